The van der Waals surface area contributed by atoms with E-state index in [2.05, 4.69) is 57.2 Å². The van der Waals surface area contributed by atoms with Crippen molar-refractivity contribution >= 4 is 17.9 Å². The Morgan fingerprint density at radius 2 is 0.529 bits per heavy atom. The molecule has 0 rings (SSSR count). The Morgan fingerprint density at radius 3 is 0.853 bits per heavy atom. The van der Waals surface area contributed by atoms with Gasteiger partial charge in [0.2, 0.25) is 0 Å². The van der Waals surface area contributed by atoms with Crippen LogP contribution in [0.15, 0.2) is 36.5 Å². The zero-order valence-electron chi connectivity index (χ0n) is 45.6. The quantitative estimate of drug-likeness (QED) is 0.0262. The Balaban J connectivity index is 4.35. The third kappa shape index (κ3) is 54.6. The number of carbonyl (C=O) groups excluding carboxylic acids is 3. The minimum absolute atomic E-state index is 0.0728. The van der Waals surface area contributed by atoms with Crippen LogP contribution in [0, 0.1) is 0 Å². The average molecular weight is 956 g/mol. The number of rotatable bonds is 55. The van der Waals surface area contributed by atoms with Crippen molar-refractivity contribution in [1.29, 1.82) is 0 Å². The van der Waals surface area contributed by atoms with Crippen molar-refractivity contribution < 1.29 is 28.6 Å². The highest BCUT2D eigenvalue weighted by Gasteiger charge is 2.19. The normalized spacial score (nSPS) is 12.2. The molecule has 0 aliphatic carbocycles. The van der Waals surface area contributed by atoms with E-state index in [0.717, 1.165) is 70.6 Å². The maximum atomic E-state index is 12.9. The zero-order valence-corrected chi connectivity index (χ0v) is 45.6. The molecule has 398 valence electrons. The molecule has 0 heterocycles. The fourth-order valence-electron chi connectivity index (χ4n) is 8.82. The molecule has 0 aromatic carbocycles. The average Bonchev–Trinajstić information content (AvgIpc) is 3.34. The summed E-state index contributed by atoms with van der Waals surface area (Å²) < 4.78 is 16.9. The predicted molar refractivity (Wildman–Crippen MR) is 293 cm³/mol. The number of hydrogen-bond donors (Lipinski definition) is 0. The Bertz CT molecular complexity index is 1140. The molecular formula is C62H114O6. The van der Waals surface area contributed by atoms with Gasteiger partial charge in [0.15, 0.2) is 6.10 Å². The molecule has 0 aromatic rings. The van der Waals surface area contributed by atoms with Gasteiger partial charge in [0, 0.05) is 19.3 Å². The van der Waals surface area contributed by atoms with Gasteiger partial charge in [-0.05, 0) is 77.0 Å². The van der Waals surface area contributed by atoms with Crippen LogP contribution in [0.4, 0.5) is 0 Å². The number of hydrogen-bond acceptors (Lipinski definition) is 6. The lowest BCUT2D eigenvalue weighted by molar-refractivity contribution is -0.167. The van der Waals surface area contributed by atoms with Gasteiger partial charge >= 0.3 is 17.9 Å². The Kier molecular flexibility index (Phi) is 55.2. The summed E-state index contributed by atoms with van der Waals surface area (Å²) in [5, 5.41) is 0. The van der Waals surface area contributed by atoms with Gasteiger partial charge in [0.1, 0.15) is 13.2 Å². The van der Waals surface area contributed by atoms with Crippen molar-refractivity contribution in [2.24, 2.45) is 0 Å². The largest absolute Gasteiger partial charge is 0.462 e. The highest BCUT2D eigenvalue weighted by molar-refractivity contribution is 5.71. The monoisotopic (exact) mass is 955 g/mol. The topological polar surface area (TPSA) is 78.9 Å². The second-order valence-electron chi connectivity index (χ2n) is 20.3. The SMILES string of the molecule is CCCCC/C=C\C/C=C\CCCCCCCCCCCC(=O)OCC(COC(=O)CCCCCCCCCCCCCCCCC)OC(=O)CCCCCCC/C=C\CCCCCCCCC. The van der Waals surface area contributed by atoms with Crippen LogP contribution in [0.25, 0.3) is 0 Å². The van der Waals surface area contributed by atoms with E-state index < -0.39 is 6.10 Å². The van der Waals surface area contributed by atoms with Crippen LogP contribution in [0.3, 0.4) is 0 Å². The van der Waals surface area contributed by atoms with Gasteiger partial charge in [-0.3, -0.25) is 14.4 Å². The minimum Gasteiger partial charge on any atom is -0.462 e. The highest BCUT2D eigenvalue weighted by atomic mass is 16.6. The predicted octanol–water partition coefficient (Wildman–Crippen LogP) is 20.0. The van der Waals surface area contributed by atoms with Crippen LogP contribution in [0.2, 0.25) is 0 Å². The van der Waals surface area contributed by atoms with Gasteiger partial charge in [0.25, 0.3) is 0 Å². The number of allylic oxidation sites excluding steroid dienone is 6. The lowest BCUT2D eigenvalue weighted by Gasteiger charge is -2.18. The lowest BCUT2D eigenvalue weighted by Crippen LogP contribution is -2.30. The number of ether oxygens (including phenoxy) is 3. The zero-order chi connectivity index (χ0) is 49.3. The van der Waals surface area contributed by atoms with Crippen molar-refractivity contribution in [2.75, 3.05) is 13.2 Å². The Morgan fingerprint density at radius 1 is 0.294 bits per heavy atom. The van der Waals surface area contributed by atoms with E-state index >= 15 is 0 Å². The first-order chi connectivity index (χ1) is 33.5. The van der Waals surface area contributed by atoms with Crippen LogP contribution in [-0.4, -0.2) is 37.2 Å². The molecule has 0 amide bonds. The lowest BCUT2D eigenvalue weighted by atomic mass is 10.0. The maximum absolute atomic E-state index is 12.9. The van der Waals surface area contributed by atoms with E-state index in [1.54, 1.807) is 0 Å². The maximum Gasteiger partial charge on any atom is 0.306 e. The van der Waals surface area contributed by atoms with Gasteiger partial charge in [-0.25, -0.2) is 0 Å². The summed E-state index contributed by atoms with van der Waals surface area (Å²) >= 11 is 0. The van der Waals surface area contributed by atoms with Crippen LogP contribution in [0.1, 0.15) is 323 Å². The molecule has 1 atom stereocenters. The summed E-state index contributed by atoms with van der Waals surface area (Å²) in [4.78, 5) is 38.2. The van der Waals surface area contributed by atoms with Gasteiger partial charge < -0.3 is 14.2 Å². The van der Waals surface area contributed by atoms with E-state index in [-0.39, 0.29) is 31.1 Å². The summed E-state index contributed by atoms with van der Waals surface area (Å²) in [7, 11) is 0. The molecule has 0 aromatic heterocycles. The van der Waals surface area contributed by atoms with Gasteiger partial charge in [-0.2, -0.15) is 0 Å². The summed E-state index contributed by atoms with van der Waals surface area (Å²) in [5.41, 5.74) is 0. The van der Waals surface area contributed by atoms with E-state index in [4.69, 9.17) is 14.2 Å². The first kappa shape index (κ1) is 65.6. The number of unbranched alkanes of at least 4 members (excludes halogenated alkanes) is 38. The van der Waals surface area contributed by atoms with Crippen molar-refractivity contribution in [1.82, 2.24) is 0 Å². The van der Waals surface area contributed by atoms with Crippen molar-refractivity contribution in [3.63, 3.8) is 0 Å². The number of esters is 3. The molecule has 0 N–H and O–H groups in total. The fraction of sp³-hybridized carbons (Fsp3) is 0.855. The molecule has 6 nitrogen and oxygen atoms in total. The summed E-state index contributed by atoms with van der Waals surface area (Å²) in [6.45, 7) is 6.65. The smallest absolute Gasteiger partial charge is 0.306 e. The second kappa shape index (κ2) is 57.2. The Hall–Kier alpha value is -2.37. The fourth-order valence-corrected chi connectivity index (χ4v) is 8.82. The van der Waals surface area contributed by atoms with E-state index in [1.807, 2.05) is 0 Å². The van der Waals surface area contributed by atoms with Crippen LogP contribution in [-0.2, 0) is 28.6 Å². The molecule has 1 unspecified atom stereocenters. The van der Waals surface area contributed by atoms with E-state index in [9.17, 15) is 14.4 Å². The summed E-state index contributed by atoms with van der Waals surface area (Å²) in [6.07, 6.45) is 68.4. The van der Waals surface area contributed by atoms with E-state index in [1.165, 1.54) is 212 Å². The van der Waals surface area contributed by atoms with Crippen molar-refractivity contribution in [3.8, 4) is 0 Å². The second-order valence-corrected chi connectivity index (χ2v) is 20.3. The van der Waals surface area contributed by atoms with Crippen LogP contribution >= 0.6 is 0 Å². The Labute approximate surface area is 423 Å². The molecule has 0 saturated carbocycles. The molecule has 0 spiro atoms. The summed E-state index contributed by atoms with van der Waals surface area (Å²) in [6, 6.07) is 0. The number of carbonyl (C=O) groups is 3. The van der Waals surface area contributed by atoms with Crippen molar-refractivity contribution in [2.45, 2.75) is 329 Å². The first-order valence-electron chi connectivity index (χ1n) is 30.0. The highest BCUT2D eigenvalue weighted by Crippen LogP contribution is 2.16. The summed E-state index contributed by atoms with van der Waals surface area (Å²) in [5.74, 6) is -0.866. The van der Waals surface area contributed by atoms with Gasteiger partial charge in [0.05, 0.1) is 0 Å². The molecule has 0 aliphatic rings. The molecule has 0 aliphatic heterocycles. The minimum atomic E-state index is -0.775. The van der Waals surface area contributed by atoms with Gasteiger partial charge in [-0.1, -0.05) is 263 Å². The van der Waals surface area contributed by atoms with Crippen LogP contribution in [0.5, 0.6) is 0 Å². The molecule has 68 heavy (non-hydrogen) atoms. The third-order valence-electron chi connectivity index (χ3n) is 13.4. The standard InChI is InChI=1S/C62H114O6/c1-4-7-10-13-16-19-22-25-28-30-31-32-35-37-40-43-46-49-52-55-61(64)67-58-59(57-66-60(63)54-51-48-45-42-39-36-33-27-24-21-18-15-12-9-6-3)68-62(65)56-53-50-47-44-41-38-34-29-26-23-20-17-14-11-8-5-2/h16,19,25,28-29,34,59H,4-15,17-18,20-24,26-27,30-33,35-58H2,1-3H3/b19-16-,28-25-,34-29-. The molecular weight excluding hydrogens is 841 g/mol. The molecule has 0 saturated heterocycles. The first-order valence-corrected chi connectivity index (χ1v) is 30.0. The molecule has 0 bridgehead atoms. The van der Waals surface area contributed by atoms with E-state index in [0.29, 0.717) is 19.3 Å². The van der Waals surface area contributed by atoms with Crippen molar-refractivity contribution in [3.05, 3.63) is 36.5 Å². The molecule has 0 fully saturated rings. The third-order valence-corrected chi connectivity index (χ3v) is 13.4. The van der Waals surface area contributed by atoms with Crippen LogP contribution < -0.4 is 0 Å². The van der Waals surface area contributed by atoms with Gasteiger partial charge in [-0.15, -0.1) is 0 Å². The molecule has 0 radical (unpaired) electrons. The molecule has 6 heteroatoms.